The normalized spacial score (nSPS) is 18.5. The fraction of sp³-hybridized carbons (Fsp3) is 0.348. The zero-order valence-corrected chi connectivity index (χ0v) is 17.3. The van der Waals surface area contributed by atoms with Crippen LogP contribution in [0.15, 0.2) is 42.7 Å². The number of hydrogen-bond acceptors (Lipinski definition) is 6. The first-order chi connectivity index (χ1) is 15.0. The maximum Gasteiger partial charge on any atom is 0.404 e. The average Bonchev–Trinajstić information content (AvgIpc) is 2.78. The van der Waals surface area contributed by atoms with Crippen LogP contribution in [0.2, 0.25) is 0 Å². The number of primary amides is 1. The van der Waals surface area contributed by atoms with Crippen LogP contribution in [0.3, 0.4) is 0 Å². The maximum atomic E-state index is 13.3. The highest BCUT2D eigenvalue weighted by atomic mass is 19.1. The Hall–Kier alpha value is -3.42. The lowest BCUT2D eigenvalue weighted by molar-refractivity contribution is 0.0725. The quantitative estimate of drug-likeness (QED) is 0.604. The van der Waals surface area contributed by atoms with Gasteiger partial charge in [-0.2, -0.15) is 0 Å². The summed E-state index contributed by atoms with van der Waals surface area (Å²) in [4.78, 5) is 19.8. The predicted molar refractivity (Wildman–Crippen MR) is 116 cm³/mol. The van der Waals surface area contributed by atoms with Gasteiger partial charge in [-0.3, -0.25) is 0 Å². The average molecular weight is 424 g/mol. The molecule has 0 saturated heterocycles. The second kappa shape index (κ2) is 9.16. The van der Waals surface area contributed by atoms with Crippen molar-refractivity contribution in [1.82, 2.24) is 9.97 Å². The van der Waals surface area contributed by atoms with Crippen molar-refractivity contribution >= 4 is 22.8 Å². The van der Waals surface area contributed by atoms with Crippen molar-refractivity contribution in [2.45, 2.75) is 31.8 Å². The lowest BCUT2D eigenvalue weighted by Crippen LogP contribution is -2.29. The second-order valence-electron chi connectivity index (χ2n) is 7.76. The molecule has 1 amide bonds. The van der Waals surface area contributed by atoms with Crippen molar-refractivity contribution in [3.05, 3.63) is 48.5 Å². The van der Waals surface area contributed by atoms with Gasteiger partial charge in [-0.1, -0.05) is 12.1 Å². The Morgan fingerprint density at radius 3 is 2.55 bits per heavy atom. The Kier molecular flexibility index (Phi) is 6.16. The molecule has 0 bridgehead atoms. The number of rotatable bonds is 6. The lowest BCUT2D eigenvalue weighted by Gasteiger charge is -2.28. The minimum Gasteiger partial charge on any atom is -0.494 e. The fourth-order valence-corrected chi connectivity index (χ4v) is 4.10. The number of nitrogens with zero attached hydrogens (tertiary/aromatic N) is 2. The lowest BCUT2D eigenvalue weighted by atomic mass is 9.87. The van der Waals surface area contributed by atoms with E-state index in [0.29, 0.717) is 17.2 Å². The van der Waals surface area contributed by atoms with Gasteiger partial charge < -0.3 is 20.5 Å². The van der Waals surface area contributed by atoms with Crippen molar-refractivity contribution in [2.24, 2.45) is 11.7 Å². The molecule has 1 saturated carbocycles. The summed E-state index contributed by atoms with van der Waals surface area (Å²) in [6.45, 7) is 0.749. The second-order valence-corrected chi connectivity index (χ2v) is 7.76. The standard InChI is InChI=1S/C23H25FN4O3/c1-30-20-11-16(15-4-6-17(24)7-5-15)10-19-21(20)27-13-28-22(19)26-12-14-2-8-18(9-3-14)31-23(25)29/h4-7,10-11,13-14,18H,2-3,8-9,12H2,1H3,(H2,25,29)(H,26,27,28). The molecule has 7 nitrogen and oxygen atoms in total. The Labute approximate surface area is 179 Å². The van der Waals surface area contributed by atoms with Gasteiger partial charge in [-0.15, -0.1) is 0 Å². The number of nitrogens with one attached hydrogen (secondary N) is 1. The third-order valence-electron chi connectivity index (χ3n) is 5.74. The number of carbonyl (C=O) groups excluding carboxylic acids is 1. The zero-order valence-electron chi connectivity index (χ0n) is 17.3. The van der Waals surface area contributed by atoms with Crippen LogP contribution in [0.25, 0.3) is 22.0 Å². The van der Waals surface area contributed by atoms with Crippen LogP contribution in [0.4, 0.5) is 15.0 Å². The Morgan fingerprint density at radius 1 is 1.13 bits per heavy atom. The Balaban J connectivity index is 1.55. The number of ether oxygens (including phenoxy) is 2. The first kappa shape index (κ1) is 20.8. The van der Waals surface area contributed by atoms with Gasteiger partial charge >= 0.3 is 6.09 Å². The highest BCUT2D eigenvalue weighted by Gasteiger charge is 2.23. The van der Waals surface area contributed by atoms with E-state index in [4.69, 9.17) is 15.2 Å². The number of hydrogen-bond donors (Lipinski definition) is 2. The molecule has 3 aromatic rings. The molecular weight excluding hydrogens is 399 g/mol. The van der Waals surface area contributed by atoms with E-state index in [0.717, 1.165) is 54.6 Å². The third kappa shape index (κ3) is 4.84. The molecule has 0 unspecified atom stereocenters. The van der Waals surface area contributed by atoms with E-state index in [1.807, 2.05) is 12.1 Å². The summed E-state index contributed by atoms with van der Waals surface area (Å²) in [6.07, 6.45) is 4.22. The van der Waals surface area contributed by atoms with Crippen molar-refractivity contribution in [2.75, 3.05) is 19.0 Å². The van der Waals surface area contributed by atoms with Gasteiger partial charge in [0.25, 0.3) is 0 Å². The molecule has 0 spiro atoms. The molecule has 8 heteroatoms. The number of anilines is 1. The molecule has 1 aromatic heterocycles. The van der Waals surface area contributed by atoms with Gasteiger partial charge in [0.2, 0.25) is 0 Å². The maximum absolute atomic E-state index is 13.3. The van der Waals surface area contributed by atoms with Gasteiger partial charge in [0.05, 0.1) is 7.11 Å². The smallest absolute Gasteiger partial charge is 0.404 e. The van der Waals surface area contributed by atoms with E-state index in [1.165, 1.54) is 18.5 Å². The molecule has 3 N–H and O–H groups in total. The number of halogens is 1. The number of carbonyl (C=O) groups is 1. The minimum atomic E-state index is -0.708. The molecule has 1 heterocycles. The summed E-state index contributed by atoms with van der Waals surface area (Å²) in [5.74, 6) is 1.52. The molecule has 1 aliphatic rings. The number of amides is 1. The molecular formula is C23H25FN4O3. The molecule has 1 fully saturated rings. The molecule has 0 atom stereocenters. The summed E-state index contributed by atoms with van der Waals surface area (Å²) < 4.78 is 24.0. The Bertz CT molecular complexity index is 1070. The van der Waals surface area contributed by atoms with E-state index in [-0.39, 0.29) is 11.9 Å². The van der Waals surface area contributed by atoms with E-state index < -0.39 is 6.09 Å². The van der Waals surface area contributed by atoms with Crippen LogP contribution < -0.4 is 15.8 Å². The molecule has 2 aromatic carbocycles. The Morgan fingerprint density at radius 2 is 1.87 bits per heavy atom. The molecule has 31 heavy (non-hydrogen) atoms. The van der Waals surface area contributed by atoms with Crippen molar-refractivity contribution in [3.8, 4) is 16.9 Å². The van der Waals surface area contributed by atoms with Crippen molar-refractivity contribution < 1.29 is 18.7 Å². The van der Waals surface area contributed by atoms with Crippen LogP contribution in [-0.2, 0) is 4.74 Å². The number of methoxy groups -OCH3 is 1. The van der Waals surface area contributed by atoms with Gasteiger partial charge in [-0.25, -0.2) is 19.2 Å². The largest absolute Gasteiger partial charge is 0.494 e. The van der Waals surface area contributed by atoms with Crippen LogP contribution in [0.1, 0.15) is 25.7 Å². The van der Waals surface area contributed by atoms with Gasteiger partial charge in [0.15, 0.2) is 0 Å². The first-order valence-corrected chi connectivity index (χ1v) is 10.3. The van der Waals surface area contributed by atoms with Gasteiger partial charge in [0.1, 0.15) is 35.3 Å². The zero-order chi connectivity index (χ0) is 21.8. The molecule has 4 rings (SSSR count). The van der Waals surface area contributed by atoms with E-state index in [1.54, 1.807) is 19.2 Å². The van der Waals surface area contributed by atoms with E-state index in [9.17, 15) is 9.18 Å². The van der Waals surface area contributed by atoms with Gasteiger partial charge in [0, 0.05) is 11.9 Å². The van der Waals surface area contributed by atoms with E-state index in [2.05, 4.69) is 15.3 Å². The fourth-order valence-electron chi connectivity index (χ4n) is 4.10. The van der Waals surface area contributed by atoms with Crippen molar-refractivity contribution in [3.63, 3.8) is 0 Å². The molecule has 0 radical (unpaired) electrons. The van der Waals surface area contributed by atoms with Crippen LogP contribution in [0.5, 0.6) is 5.75 Å². The summed E-state index contributed by atoms with van der Waals surface area (Å²) >= 11 is 0. The number of nitrogens with two attached hydrogens (primary N) is 1. The topological polar surface area (TPSA) is 99.4 Å². The SMILES string of the molecule is COc1cc(-c2ccc(F)cc2)cc2c(NCC3CCC(OC(N)=O)CC3)ncnc12. The molecule has 162 valence electrons. The monoisotopic (exact) mass is 424 g/mol. The van der Waals surface area contributed by atoms with Crippen LogP contribution in [0, 0.1) is 11.7 Å². The number of fused-ring (bicyclic) bond motifs is 1. The van der Waals surface area contributed by atoms with Crippen molar-refractivity contribution in [1.29, 1.82) is 0 Å². The minimum absolute atomic E-state index is 0.0869. The van der Waals surface area contributed by atoms with Crippen LogP contribution >= 0.6 is 0 Å². The molecule has 0 aliphatic heterocycles. The summed E-state index contributed by atoms with van der Waals surface area (Å²) in [5, 5.41) is 4.29. The third-order valence-corrected chi connectivity index (χ3v) is 5.74. The van der Waals surface area contributed by atoms with Gasteiger partial charge in [-0.05, 0) is 67.0 Å². The predicted octanol–water partition coefficient (Wildman–Crippen LogP) is 4.51. The summed E-state index contributed by atoms with van der Waals surface area (Å²) in [6, 6.07) is 10.2. The summed E-state index contributed by atoms with van der Waals surface area (Å²) in [5.41, 5.74) is 7.60. The number of benzene rings is 2. The van der Waals surface area contributed by atoms with Crippen LogP contribution in [-0.4, -0.2) is 35.8 Å². The molecule has 1 aliphatic carbocycles. The summed E-state index contributed by atoms with van der Waals surface area (Å²) in [7, 11) is 1.60. The highest BCUT2D eigenvalue weighted by molar-refractivity contribution is 5.96. The van der Waals surface area contributed by atoms with E-state index >= 15 is 0 Å². The number of aromatic nitrogens is 2. The highest BCUT2D eigenvalue weighted by Crippen LogP contribution is 2.34. The first-order valence-electron chi connectivity index (χ1n) is 10.3.